The summed E-state index contributed by atoms with van der Waals surface area (Å²) in [6.45, 7) is 9.80. The second kappa shape index (κ2) is 8.89. The van der Waals surface area contributed by atoms with E-state index in [-0.39, 0.29) is 0 Å². The lowest BCUT2D eigenvalue weighted by atomic mass is 10.1. The number of thioether (sulfide) groups is 1. The Morgan fingerprint density at radius 2 is 2.05 bits per heavy atom. The predicted octanol–water partition coefficient (Wildman–Crippen LogP) is 4.70. The minimum Gasteiger partial charge on any atom is -0.313 e. The van der Waals surface area contributed by atoms with Crippen LogP contribution in [-0.2, 0) is 6.42 Å². The summed E-state index contributed by atoms with van der Waals surface area (Å²) >= 11 is 8.38. The van der Waals surface area contributed by atoms with Crippen LogP contribution in [0.3, 0.4) is 0 Å². The Balaban J connectivity index is 2.61. The topological polar surface area (TPSA) is 12.0 Å². The van der Waals surface area contributed by atoms with Crippen LogP contribution in [0.15, 0.2) is 18.2 Å². The third-order valence-electron chi connectivity index (χ3n) is 3.32. The summed E-state index contributed by atoms with van der Waals surface area (Å²) in [5, 5.41) is 5.20. The minimum atomic E-state index is 0.504. The zero-order valence-corrected chi connectivity index (χ0v) is 14.1. The molecule has 19 heavy (non-hydrogen) atoms. The molecule has 1 aromatic rings. The average Bonchev–Trinajstić information content (AvgIpc) is 2.38. The molecule has 0 fully saturated rings. The number of rotatable bonds is 8. The van der Waals surface area contributed by atoms with Gasteiger partial charge in [0.05, 0.1) is 0 Å². The van der Waals surface area contributed by atoms with Crippen LogP contribution in [0.1, 0.15) is 38.3 Å². The highest BCUT2D eigenvalue weighted by Crippen LogP contribution is 2.21. The maximum atomic E-state index is 6.33. The van der Waals surface area contributed by atoms with Gasteiger partial charge in [-0.3, -0.25) is 0 Å². The monoisotopic (exact) mass is 299 g/mol. The van der Waals surface area contributed by atoms with Gasteiger partial charge >= 0.3 is 0 Å². The molecule has 1 N–H and O–H groups in total. The van der Waals surface area contributed by atoms with E-state index in [1.807, 2.05) is 11.8 Å². The van der Waals surface area contributed by atoms with Crippen molar-refractivity contribution in [1.29, 1.82) is 0 Å². The molecule has 0 spiro atoms. The molecule has 0 aliphatic heterocycles. The number of aryl methyl sites for hydroxylation is 1. The molecule has 3 heteroatoms. The van der Waals surface area contributed by atoms with Gasteiger partial charge in [0.25, 0.3) is 0 Å². The molecule has 1 nitrogen and oxygen atoms in total. The van der Waals surface area contributed by atoms with Crippen molar-refractivity contribution in [3.8, 4) is 0 Å². The molecule has 2 atom stereocenters. The summed E-state index contributed by atoms with van der Waals surface area (Å²) in [7, 11) is 0. The molecule has 1 aromatic carbocycles. The highest BCUT2D eigenvalue weighted by molar-refractivity contribution is 7.99. The SMILES string of the molecule is CCNC(CSC(C)CC)Cc1ccc(C)cc1Cl. The summed E-state index contributed by atoms with van der Waals surface area (Å²) in [5.41, 5.74) is 2.48. The van der Waals surface area contributed by atoms with Crippen LogP contribution >= 0.6 is 23.4 Å². The van der Waals surface area contributed by atoms with Crippen molar-refractivity contribution in [2.75, 3.05) is 12.3 Å². The fraction of sp³-hybridized carbons (Fsp3) is 0.625. The maximum absolute atomic E-state index is 6.33. The van der Waals surface area contributed by atoms with Crippen molar-refractivity contribution in [2.24, 2.45) is 0 Å². The lowest BCUT2D eigenvalue weighted by molar-refractivity contribution is 0.572. The van der Waals surface area contributed by atoms with Crippen molar-refractivity contribution in [3.63, 3.8) is 0 Å². The van der Waals surface area contributed by atoms with E-state index in [1.165, 1.54) is 17.5 Å². The summed E-state index contributed by atoms with van der Waals surface area (Å²) in [4.78, 5) is 0. The van der Waals surface area contributed by atoms with Crippen molar-refractivity contribution >= 4 is 23.4 Å². The Hall–Kier alpha value is -0.180. The van der Waals surface area contributed by atoms with Crippen LogP contribution in [0, 0.1) is 6.92 Å². The minimum absolute atomic E-state index is 0.504. The first-order chi connectivity index (χ1) is 9.06. The largest absolute Gasteiger partial charge is 0.313 e. The van der Waals surface area contributed by atoms with E-state index >= 15 is 0 Å². The third kappa shape index (κ3) is 6.20. The molecule has 0 saturated heterocycles. The molecule has 0 aliphatic rings. The van der Waals surface area contributed by atoms with Gasteiger partial charge in [0.15, 0.2) is 0 Å². The second-order valence-corrected chi connectivity index (χ2v) is 6.98. The first kappa shape index (κ1) is 16.9. The van der Waals surface area contributed by atoms with E-state index in [1.54, 1.807) is 0 Å². The summed E-state index contributed by atoms with van der Waals surface area (Å²) in [6.07, 6.45) is 2.24. The number of hydrogen-bond donors (Lipinski definition) is 1. The van der Waals surface area contributed by atoms with Gasteiger partial charge in [0, 0.05) is 22.1 Å². The van der Waals surface area contributed by atoms with Gasteiger partial charge < -0.3 is 5.32 Å². The standard InChI is InChI=1S/C16H26ClNS/c1-5-13(4)19-11-15(18-6-2)10-14-8-7-12(3)9-16(14)17/h7-9,13,15,18H,5-6,10-11H2,1-4H3. The molecule has 108 valence electrons. The Kier molecular flexibility index (Phi) is 7.89. The van der Waals surface area contributed by atoms with Gasteiger partial charge in [-0.05, 0) is 43.5 Å². The smallest absolute Gasteiger partial charge is 0.0441 e. The van der Waals surface area contributed by atoms with Crippen molar-refractivity contribution in [2.45, 2.75) is 51.8 Å². The Morgan fingerprint density at radius 1 is 1.32 bits per heavy atom. The van der Waals surface area contributed by atoms with Crippen LogP contribution in [0.4, 0.5) is 0 Å². The Labute approximate surface area is 127 Å². The van der Waals surface area contributed by atoms with E-state index in [0.717, 1.165) is 29.0 Å². The first-order valence-corrected chi connectivity index (χ1v) is 8.59. The Bertz CT molecular complexity index is 381. The third-order valence-corrected chi connectivity index (χ3v) is 5.17. The summed E-state index contributed by atoms with van der Waals surface area (Å²) in [5.74, 6) is 1.15. The predicted molar refractivity (Wildman–Crippen MR) is 89.6 cm³/mol. The highest BCUT2D eigenvalue weighted by atomic mass is 35.5. The van der Waals surface area contributed by atoms with Crippen LogP contribution in [0.25, 0.3) is 0 Å². The van der Waals surface area contributed by atoms with Crippen molar-refractivity contribution in [1.82, 2.24) is 5.32 Å². The molecule has 0 saturated carbocycles. The zero-order valence-electron chi connectivity index (χ0n) is 12.5. The fourth-order valence-corrected chi connectivity index (χ4v) is 3.30. The quantitative estimate of drug-likeness (QED) is 0.746. The van der Waals surface area contributed by atoms with E-state index in [0.29, 0.717) is 6.04 Å². The maximum Gasteiger partial charge on any atom is 0.0441 e. The zero-order chi connectivity index (χ0) is 14.3. The number of halogens is 1. The van der Waals surface area contributed by atoms with Gasteiger partial charge in [0.1, 0.15) is 0 Å². The molecule has 0 bridgehead atoms. The molecule has 0 heterocycles. The van der Waals surface area contributed by atoms with Crippen molar-refractivity contribution in [3.05, 3.63) is 34.3 Å². The molecule has 0 radical (unpaired) electrons. The molecule has 0 aliphatic carbocycles. The lowest BCUT2D eigenvalue weighted by Gasteiger charge is -2.20. The van der Waals surface area contributed by atoms with Crippen molar-refractivity contribution < 1.29 is 0 Å². The van der Waals surface area contributed by atoms with Gasteiger partial charge in [-0.15, -0.1) is 0 Å². The molecule has 2 unspecified atom stereocenters. The van der Waals surface area contributed by atoms with Crippen LogP contribution in [-0.4, -0.2) is 23.6 Å². The lowest BCUT2D eigenvalue weighted by Crippen LogP contribution is -2.33. The van der Waals surface area contributed by atoms with E-state index < -0.39 is 0 Å². The van der Waals surface area contributed by atoms with E-state index in [2.05, 4.69) is 51.2 Å². The van der Waals surface area contributed by atoms with Gasteiger partial charge in [-0.25, -0.2) is 0 Å². The van der Waals surface area contributed by atoms with E-state index in [4.69, 9.17) is 11.6 Å². The molecular weight excluding hydrogens is 274 g/mol. The molecule has 0 aromatic heterocycles. The second-order valence-electron chi connectivity index (χ2n) is 5.11. The van der Waals surface area contributed by atoms with Crippen LogP contribution in [0.5, 0.6) is 0 Å². The molecule has 0 amide bonds. The highest BCUT2D eigenvalue weighted by Gasteiger charge is 2.12. The van der Waals surface area contributed by atoms with Gasteiger partial charge in [-0.1, -0.05) is 44.5 Å². The van der Waals surface area contributed by atoms with E-state index in [9.17, 15) is 0 Å². The Morgan fingerprint density at radius 3 is 2.63 bits per heavy atom. The number of likely N-dealkylation sites (N-methyl/N-ethyl adjacent to an activating group) is 1. The average molecular weight is 300 g/mol. The summed E-state index contributed by atoms with van der Waals surface area (Å²) < 4.78 is 0. The van der Waals surface area contributed by atoms with Gasteiger partial charge in [0.2, 0.25) is 0 Å². The fourth-order valence-electron chi connectivity index (χ4n) is 1.96. The van der Waals surface area contributed by atoms with Gasteiger partial charge in [-0.2, -0.15) is 11.8 Å². The van der Waals surface area contributed by atoms with Crippen LogP contribution < -0.4 is 5.32 Å². The summed E-state index contributed by atoms with van der Waals surface area (Å²) in [6, 6.07) is 6.87. The molecular formula is C16H26ClNS. The number of benzene rings is 1. The number of hydrogen-bond acceptors (Lipinski definition) is 2. The number of nitrogens with one attached hydrogen (secondary N) is 1. The molecule has 1 rings (SSSR count). The first-order valence-electron chi connectivity index (χ1n) is 7.16. The normalized spacial score (nSPS) is 14.4. The van der Waals surface area contributed by atoms with Crippen LogP contribution in [0.2, 0.25) is 5.02 Å².